The van der Waals surface area contributed by atoms with Crippen LogP contribution in [0.2, 0.25) is 0 Å². The number of hydrogen-bond donors (Lipinski definition) is 0. The van der Waals surface area contributed by atoms with Crippen molar-refractivity contribution in [1.82, 2.24) is 4.90 Å². The monoisotopic (exact) mass is 218 g/mol. The lowest BCUT2D eigenvalue weighted by molar-refractivity contribution is -0.128. The molecule has 0 unspecified atom stereocenters. The minimum atomic E-state index is 0.0873. The quantitative estimate of drug-likeness (QED) is 0.570. The number of aryl methyl sites for hydroxylation is 1. The zero-order valence-corrected chi connectivity index (χ0v) is 9.43. The predicted octanol–water partition coefficient (Wildman–Crippen LogP) is 1.67. The largest absolute Gasteiger partial charge is 0.349 e. The van der Waals surface area contributed by atoms with Gasteiger partial charge in [-0.05, 0) is 24.1 Å². The van der Waals surface area contributed by atoms with Crippen molar-refractivity contribution < 1.29 is 9.59 Å². The maximum atomic E-state index is 11.4. The molecular formula is C12H14N2O2. The van der Waals surface area contributed by atoms with Crippen LogP contribution in [0.4, 0.5) is 5.69 Å². The van der Waals surface area contributed by atoms with Crippen molar-refractivity contribution >= 4 is 17.7 Å². The number of carbonyl (C=O) groups excluding carboxylic acids is 2. The summed E-state index contributed by atoms with van der Waals surface area (Å²) in [7, 11) is 3.46. The van der Waals surface area contributed by atoms with Crippen LogP contribution < -0.4 is 0 Å². The molecule has 0 saturated heterocycles. The fourth-order valence-corrected chi connectivity index (χ4v) is 1.31. The molecule has 0 bridgehead atoms. The molecule has 0 saturated carbocycles. The lowest BCUT2D eigenvalue weighted by Gasteiger charge is -2.09. The molecule has 4 heteroatoms. The van der Waals surface area contributed by atoms with Crippen molar-refractivity contribution in [2.45, 2.75) is 12.8 Å². The van der Waals surface area contributed by atoms with Gasteiger partial charge < -0.3 is 4.90 Å². The van der Waals surface area contributed by atoms with E-state index in [4.69, 9.17) is 0 Å². The first-order valence-corrected chi connectivity index (χ1v) is 5.00. The molecule has 0 N–H and O–H groups in total. The Kier molecular flexibility index (Phi) is 4.42. The Hall–Kier alpha value is -1.93. The van der Waals surface area contributed by atoms with E-state index in [1.54, 1.807) is 31.1 Å². The van der Waals surface area contributed by atoms with Crippen LogP contribution in [0.5, 0.6) is 0 Å². The normalized spacial score (nSPS) is 9.38. The second-order valence-corrected chi connectivity index (χ2v) is 3.66. The second kappa shape index (κ2) is 5.83. The third-order valence-corrected chi connectivity index (χ3v) is 2.21. The first-order chi connectivity index (χ1) is 7.63. The molecule has 0 heterocycles. The van der Waals surface area contributed by atoms with Gasteiger partial charge in [0.1, 0.15) is 0 Å². The summed E-state index contributed by atoms with van der Waals surface area (Å²) in [4.78, 5) is 26.5. The number of aliphatic imine (C=N–C) groups is 1. The number of nitrogens with zero attached hydrogens (tertiary/aromatic N) is 2. The molecule has 1 amide bonds. The number of carbonyl (C=O) groups is 1. The molecule has 1 rings (SSSR count). The van der Waals surface area contributed by atoms with Crippen molar-refractivity contribution in [2.75, 3.05) is 14.1 Å². The molecule has 0 aliphatic heterocycles. The van der Waals surface area contributed by atoms with Crippen molar-refractivity contribution in [3.05, 3.63) is 29.8 Å². The van der Waals surface area contributed by atoms with Gasteiger partial charge in [-0.1, -0.05) is 12.1 Å². The number of isocyanates is 1. The van der Waals surface area contributed by atoms with E-state index in [1.807, 2.05) is 12.1 Å². The van der Waals surface area contributed by atoms with Crippen LogP contribution in [0.15, 0.2) is 29.3 Å². The molecule has 0 atom stereocenters. The summed E-state index contributed by atoms with van der Waals surface area (Å²) < 4.78 is 0. The molecule has 4 nitrogen and oxygen atoms in total. The van der Waals surface area contributed by atoms with Crippen LogP contribution in [0.25, 0.3) is 0 Å². The van der Waals surface area contributed by atoms with E-state index in [0.717, 1.165) is 5.56 Å². The lowest BCUT2D eigenvalue weighted by atomic mass is 10.1. The third kappa shape index (κ3) is 3.67. The number of hydrogen-bond acceptors (Lipinski definition) is 3. The molecule has 84 valence electrons. The second-order valence-electron chi connectivity index (χ2n) is 3.66. The summed E-state index contributed by atoms with van der Waals surface area (Å²) in [6.45, 7) is 0. The Morgan fingerprint density at radius 3 is 2.81 bits per heavy atom. The minimum Gasteiger partial charge on any atom is -0.349 e. The van der Waals surface area contributed by atoms with Gasteiger partial charge in [0, 0.05) is 20.5 Å². The van der Waals surface area contributed by atoms with Crippen LogP contribution in [0.1, 0.15) is 12.0 Å². The number of amides is 1. The molecule has 16 heavy (non-hydrogen) atoms. The first kappa shape index (κ1) is 12.1. The summed E-state index contributed by atoms with van der Waals surface area (Å²) in [5.74, 6) is 0.0873. The highest BCUT2D eigenvalue weighted by atomic mass is 16.2. The molecule has 0 aliphatic carbocycles. The Morgan fingerprint density at radius 1 is 1.44 bits per heavy atom. The van der Waals surface area contributed by atoms with Gasteiger partial charge in [0.05, 0.1) is 5.69 Å². The maximum absolute atomic E-state index is 11.4. The summed E-state index contributed by atoms with van der Waals surface area (Å²) >= 11 is 0. The zero-order valence-electron chi connectivity index (χ0n) is 9.43. The van der Waals surface area contributed by atoms with Crippen molar-refractivity contribution in [2.24, 2.45) is 4.99 Å². The Balaban J connectivity index is 2.64. The highest BCUT2D eigenvalue weighted by Gasteiger charge is 2.04. The summed E-state index contributed by atoms with van der Waals surface area (Å²) in [6, 6.07) is 7.23. The SMILES string of the molecule is CN(C)C(=O)CCc1cccc(N=C=O)c1. The third-order valence-electron chi connectivity index (χ3n) is 2.21. The van der Waals surface area contributed by atoms with Crippen LogP contribution in [0, 0.1) is 0 Å². The van der Waals surface area contributed by atoms with Crippen LogP contribution in [-0.4, -0.2) is 31.0 Å². The standard InChI is InChI=1S/C12H14N2O2/c1-14(2)12(16)7-6-10-4-3-5-11(8-10)13-9-15/h3-5,8H,6-7H2,1-2H3. The Bertz CT molecular complexity index is 421. The average molecular weight is 218 g/mol. The van der Waals surface area contributed by atoms with Gasteiger partial charge in [-0.3, -0.25) is 4.79 Å². The molecule has 0 spiro atoms. The molecule has 0 aliphatic rings. The van der Waals surface area contributed by atoms with Gasteiger partial charge in [0.15, 0.2) is 0 Å². The van der Waals surface area contributed by atoms with Crippen molar-refractivity contribution in [3.8, 4) is 0 Å². The van der Waals surface area contributed by atoms with E-state index in [9.17, 15) is 9.59 Å². The van der Waals surface area contributed by atoms with Crippen molar-refractivity contribution in [3.63, 3.8) is 0 Å². The van der Waals surface area contributed by atoms with Crippen LogP contribution in [0.3, 0.4) is 0 Å². The predicted molar refractivity (Wildman–Crippen MR) is 61.2 cm³/mol. The Labute approximate surface area is 94.6 Å². The molecule has 1 aromatic carbocycles. The summed E-state index contributed by atoms with van der Waals surface area (Å²) in [5.41, 5.74) is 1.57. The van der Waals surface area contributed by atoms with E-state index < -0.39 is 0 Å². The first-order valence-electron chi connectivity index (χ1n) is 5.00. The summed E-state index contributed by atoms with van der Waals surface area (Å²) in [5, 5.41) is 0. The number of rotatable bonds is 4. The lowest BCUT2D eigenvalue weighted by Crippen LogP contribution is -2.21. The van der Waals surface area contributed by atoms with Gasteiger partial charge in [-0.15, -0.1) is 0 Å². The highest BCUT2D eigenvalue weighted by Crippen LogP contribution is 2.14. The van der Waals surface area contributed by atoms with E-state index in [1.165, 1.54) is 6.08 Å². The zero-order chi connectivity index (χ0) is 12.0. The van der Waals surface area contributed by atoms with E-state index in [2.05, 4.69) is 4.99 Å². The molecule has 0 radical (unpaired) electrons. The average Bonchev–Trinajstić information content (AvgIpc) is 2.26. The van der Waals surface area contributed by atoms with Crippen LogP contribution >= 0.6 is 0 Å². The highest BCUT2D eigenvalue weighted by molar-refractivity contribution is 5.75. The maximum Gasteiger partial charge on any atom is 0.240 e. The van der Waals surface area contributed by atoms with Gasteiger partial charge in [-0.2, -0.15) is 4.99 Å². The molecular weight excluding hydrogens is 204 g/mol. The molecule has 0 fully saturated rings. The van der Waals surface area contributed by atoms with Gasteiger partial charge in [-0.25, -0.2) is 4.79 Å². The molecule has 0 aromatic heterocycles. The van der Waals surface area contributed by atoms with Gasteiger partial charge in [0.2, 0.25) is 12.0 Å². The molecule has 1 aromatic rings. The minimum absolute atomic E-state index is 0.0873. The smallest absolute Gasteiger partial charge is 0.240 e. The fraction of sp³-hybridized carbons (Fsp3) is 0.333. The van der Waals surface area contributed by atoms with Crippen LogP contribution in [-0.2, 0) is 16.0 Å². The van der Waals surface area contributed by atoms with Crippen molar-refractivity contribution in [1.29, 1.82) is 0 Å². The van der Waals surface area contributed by atoms with E-state index in [0.29, 0.717) is 18.5 Å². The van der Waals surface area contributed by atoms with Gasteiger partial charge in [0.25, 0.3) is 0 Å². The fourth-order valence-electron chi connectivity index (χ4n) is 1.31. The van der Waals surface area contributed by atoms with E-state index in [-0.39, 0.29) is 5.91 Å². The topological polar surface area (TPSA) is 49.7 Å². The van der Waals surface area contributed by atoms with Gasteiger partial charge >= 0.3 is 0 Å². The van der Waals surface area contributed by atoms with E-state index >= 15 is 0 Å². The summed E-state index contributed by atoms with van der Waals surface area (Å²) in [6.07, 6.45) is 2.61. The Morgan fingerprint density at radius 2 is 2.19 bits per heavy atom. The number of benzene rings is 1.